The molecule has 0 radical (unpaired) electrons. The molecule has 18 heavy (non-hydrogen) atoms. The monoisotopic (exact) mass is 251 g/mol. The lowest BCUT2D eigenvalue weighted by Gasteiger charge is -2.36. The summed E-state index contributed by atoms with van der Waals surface area (Å²) < 4.78 is 0. The lowest BCUT2D eigenvalue weighted by Crippen LogP contribution is -2.48. The fraction of sp³-hybridized carbons (Fsp3) is 1.00. The lowest BCUT2D eigenvalue weighted by atomic mass is 9.95. The van der Waals surface area contributed by atoms with Crippen molar-refractivity contribution >= 4 is 0 Å². The van der Waals surface area contributed by atoms with Crippen LogP contribution in [0.25, 0.3) is 0 Å². The van der Waals surface area contributed by atoms with Gasteiger partial charge in [0.1, 0.15) is 0 Å². The Morgan fingerprint density at radius 2 is 1.39 bits per heavy atom. The van der Waals surface area contributed by atoms with Gasteiger partial charge in [-0.2, -0.15) is 0 Å². The predicted molar refractivity (Wildman–Crippen MR) is 75.5 cm³/mol. The molecule has 0 aromatic rings. The molecule has 3 nitrogen and oxygen atoms in total. The van der Waals surface area contributed by atoms with Crippen molar-refractivity contribution in [2.75, 3.05) is 45.8 Å². The molecule has 0 aromatic heterocycles. The van der Waals surface area contributed by atoms with E-state index in [1.165, 1.54) is 71.4 Å². The molecule has 104 valence electrons. The van der Waals surface area contributed by atoms with E-state index in [1.807, 2.05) is 0 Å². The van der Waals surface area contributed by atoms with Crippen LogP contribution in [-0.4, -0.2) is 55.6 Å². The van der Waals surface area contributed by atoms with Crippen LogP contribution in [0.5, 0.6) is 0 Å². The van der Waals surface area contributed by atoms with Crippen molar-refractivity contribution in [2.45, 2.75) is 32.1 Å². The Morgan fingerprint density at radius 3 is 2.00 bits per heavy atom. The molecule has 2 aliphatic carbocycles. The second kappa shape index (κ2) is 5.89. The van der Waals surface area contributed by atoms with Crippen LogP contribution in [0.3, 0.4) is 0 Å². The molecule has 2 unspecified atom stereocenters. The van der Waals surface area contributed by atoms with E-state index in [-0.39, 0.29) is 0 Å². The zero-order valence-corrected chi connectivity index (χ0v) is 11.7. The summed E-state index contributed by atoms with van der Waals surface area (Å²) in [7, 11) is 0. The normalized spacial score (nSPS) is 35.2. The molecule has 1 aliphatic heterocycles. The molecule has 1 heterocycles. The third-order valence-corrected chi connectivity index (χ3v) is 5.29. The number of rotatable bonds is 5. The molecule has 3 aliphatic rings. The molecule has 0 spiro atoms. The highest BCUT2D eigenvalue weighted by atomic mass is 15.3. The van der Waals surface area contributed by atoms with Crippen molar-refractivity contribution in [1.29, 1.82) is 0 Å². The van der Waals surface area contributed by atoms with Gasteiger partial charge < -0.3 is 15.5 Å². The quantitative estimate of drug-likeness (QED) is 0.801. The summed E-state index contributed by atoms with van der Waals surface area (Å²) in [6, 6.07) is 0. The maximum absolute atomic E-state index is 5.89. The molecule has 2 saturated carbocycles. The topological polar surface area (TPSA) is 32.5 Å². The van der Waals surface area contributed by atoms with E-state index in [2.05, 4.69) is 9.80 Å². The third kappa shape index (κ3) is 3.25. The van der Waals surface area contributed by atoms with Crippen LogP contribution < -0.4 is 5.73 Å². The summed E-state index contributed by atoms with van der Waals surface area (Å²) in [5, 5.41) is 0. The Kier molecular flexibility index (Phi) is 4.22. The number of piperazine rings is 1. The van der Waals surface area contributed by atoms with Gasteiger partial charge in [0, 0.05) is 39.3 Å². The molecular formula is C15H29N3. The van der Waals surface area contributed by atoms with E-state index in [4.69, 9.17) is 5.73 Å². The van der Waals surface area contributed by atoms with Crippen LogP contribution in [-0.2, 0) is 0 Å². The molecule has 3 fully saturated rings. The third-order valence-electron chi connectivity index (χ3n) is 5.29. The minimum atomic E-state index is 0.814. The van der Waals surface area contributed by atoms with Crippen LogP contribution in [0, 0.1) is 17.8 Å². The fourth-order valence-electron chi connectivity index (χ4n) is 3.82. The van der Waals surface area contributed by atoms with Crippen molar-refractivity contribution in [3.05, 3.63) is 0 Å². The summed E-state index contributed by atoms with van der Waals surface area (Å²) in [6.45, 7) is 8.79. The van der Waals surface area contributed by atoms with Gasteiger partial charge in [-0.3, -0.25) is 0 Å². The summed E-state index contributed by atoms with van der Waals surface area (Å²) in [5.74, 6) is 2.76. The smallest absolute Gasteiger partial charge is 0.0110 e. The van der Waals surface area contributed by atoms with Gasteiger partial charge in [0.2, 0.25) is 0 Å². The second-order valence-electron chi connectivity index (χ2n) is 6.73. The number of hydrogen-bond acceptors (Lipinski definition) is 3. The van der Waals surface area contributed by atoms with Gasteiger partial charge in [-0.25, -0.2) is 0 Å². The maximum Gasteiger partial charge on any atom is 0.0110 e. The molecule has 1 saturated heterocycles. The number of nitrogens with two attached hydrogens (primary N) is 1. The van der Waals surface area contributed by atoms with Gasteiger partial charge in [-0.15, -0.1) is 0 Å². The number of hydrogen-bond donors (Lipinski definition) is 1. The van der Waals surface area contributed by atoms with Gasteiger partial charge in [-0.05, 0) is 50.0 Å². The molecule has 2 N–H and O–H groups in total. The Hall–Kier alpha value is -0.120. The fourth-order valence-corrected chi connectivity index (χ4v) is 3.82. The first-order valence-electron chi connectivity index (χ1n) is 8.00. The van der Waals surface area contributed by atoms with E-state index in [1.54, 1.807) is 0 Å². The first-order chi connectivity index (χ1) is 8.85. The van der Waals surface area contributed by atoms with Crippen molar-refractivity contribution in [2.24, 2.45) is 23.5 Å². The SMILES string of the molecule is NCC1CCCC1CN1CCN(CC2CC2)CC1. The van der Waals surface area contributed by atoms with E-state index >= 15 is 0 Å². The first-order valence-corrected chi connectivity index (χ1v) is 8.00. The van der Waals surface area contributed by atoms with Crippen LogP contribution in [0.1, 0.15) is 32.1 Å². The van der Waals surface area contributed by atoms with Crippen LogP contribution >= 0.6 is 0 Å². The van der Waals surface area contributed by atoms with E-state index in [0.717, 1.165) is 24.3 Å². The number of nitrogens with zero attached hydrogens (tertiary/aromatic N) is 2. The van der Waals surface area contributed by atoms with Gasteiger partial charge in [0.25, 0.3) is 0 Å². The van der Waals surface area contributed by atoms with E-state index in [0.29, 0.717) is 0 Å². The average Bonchev–Trinajstić information content (AvgIpc) is 3.09. The van der Waals surface area contributed by atoms with Crippen molar-refractivity contribution in [1.82, 2.24) is 9.80 Å². The Bertz CT molecular complexity index is 256. The van der Waals surface area contributed by atoms with Gasteiger partial charge in [-0.1, -0.05) is 6.42 Å². The molecule has 0 amide bonds. The highest BCUT2D eigenvalue weighted by molar-refractivity contribution is 4.84. The molecular weight excluding hydrogens is 222 g/mol. The summed E-state index contributed by atoms with van der Waals surface area (Å²) in [4.78, 5) is 5.38. The zero-order chi connectivity index (χ0) is 12.4. The van der Waals surface area contributed by atoms with E-state index in [9.17, 15) is 0 Å². The Labute approximate surface area is 112 Å². The molecule has 3 heteroatoms. The standard InChI is InChI=1S/C15H29N3/c16-10-14-2-1-3-15(14)12-18-8-6-17(7-9-18)11-13-4-5-13/h13-15H,1-12,16H2. The van der Waals surface area contributed by atoms with Crippen LogP contribution in [0.2, 0.25) is 0 Å². The van der Waals surface area contributed by atoms with Crippen LogP contribution in [0.4, 0.5) is 0 Å². The van der Waals surface area contributed by atoms with Crippen molar-refractivity contribution in [3.63, 3.8) is 0 Å². The highest BCUT2D eigenvalue weighted by Crippen LogP contribution is 2.32. The van der Waals surface area contributed by atoms with E-state index < -0.39 is 0 Å². The second-order valence-corrected chi connectivity index (χ2v) is 6.73. The summed E-state index contributed by atoms with van der Waals surface area (Å²) in [6.07, 6.45) is 7.18. The van der Waals surface area contributed by atoms with Crippen molar-refractivity contribution in [3.8, 4) is 0 Å². The molecule has 0 aromatic carbocycles. The average molecular weight is 251 g/mol. The Morgan fingerprint density at radius 1 is 0.778 bits per heavy atom. The Balaban J connectivity index is 1.39. The maximum atomic E-state index is 5.89. The summed E-state index contributed by atoms with van der Waals surface area (Å²) >= 11 is 0. The molecule has 2 atom stereocenters. The molecule has 3 rings (SSSR count). The first kappa shape index (κ1) is 12.9. The van der Waals surface area contributed by atoms with Crippen molar-refractivity contribution < 1.29 is 0 Å². The minimum absolute atomic E-state index is 0.814. The predicted octanol–water partition coefficient (Wildman–Crippen LogP) is 1.39. The van der Waals surface area contributed by atoms with Gasteiger partial charge >= 0.3 is 0 Å². The summed E-state index contributed by atoms with van der Waals surface area (Å²) in [5.41, 5.74) is 5.89. The van der Waals surface area contributed by atoms with Gasteiger partial charge in [0.15, 0.2) is 0 Å². The van der Waals surface area contributed by atoms with Crippen LogP contribution in [0.15, 0.2) is 0 Å². The minimum Gasteiger partial charge on any atom is -0.330 e. The largest absolute Gasteiger partial charge is 0.330 e. The lowest BCUT2D eigenvalue weighted by molar-refractivity contribution is 0.108. The molecule has 0 bridgehead atoms. The van der Waals surface area contributed by atoms with Gasteiger partial charge in [0.05, 0.1) is 0 Å². The highest BCUT2D eigenvalue weighted by Gasteiger charge is 2.30. The zero-order valence-electron chi connectivity index (χ0n) is 11.7.